The summed E-state index contributed by atoms with van der Waals surface area (Å²) >= 11 is 6.21. The van der Waals surface area contributed by atoms with Crippen LogP contribution in [0, 0.1) is 11.3 Å². The van der Waals surface area contributed by atoms with E-state index in [1.165, 1.54) is 0 Å². The maximum absolute atomic E-state index is 9.17. The number of halogens is 1. The second-order valence-corrected chi connectivity index (χ2v) is 5.75. The molecule has 0 amide bonds. The zero-order valence-electron chi connectivity index (χ0n) is 12.2. The first-order chi connectivity index (χ1) is 10.8. The largest absolute Gasteiger partial charge is 0.353 e. The smallest absolute Gasteiger partial charge is 0.147 e. The summed E-state index contributed by atoms with van der Waals surface area (Å²) in [7, 11) is 0. The Bertz CT molecular complexity index is 687. The van der Waals surface area contributed by atoms with Crippen molar-refractivity contribution in [1.29, 1.82) is 5.26 Å². The molecule has 4 nitrogen and oxygen atoms in total. The van der Waals surface area contributed by atoms with Crippen LogP contribution < -0.4 is 4.90 Å². The van der Waals surface area contributed by atoms with Crippen molar-refractivity contribution in [2.45, 2.75) is 6.54 Å². The number of aromatic nitrogens is 1. The van der Waals surface area contributed by atoms with E-state index in [-0.39, 0.29) is 0 Å². The average Bonchev–Trinajstić information content (AvgIpc) is 2.57. The number of piperazine rings is 1. The van der Waals surface area contributed by atoms with E-state index in [0.717, 1.165) is 49.7 Å². The molecule has 0 saturated carbocycles. The number of nitrogens with zero attached hydrogens (tertiary/aromatic N) is 4. The third-order valence-electron chi connectivity index (χ3n) is 3.94. The van der Waals surface area contributed by atoms with Crippen LogP contribution >= 0.6 is 11.6 Å². The van der Waals surface area contributed by atoms with E-state index in [2.05, 4.69) is 20.9 Å². The summed E-state index contributed by atoms with van der Waals surface area (Å²) in [5.41, 5.74) is 1.85. The summed E-state index contributed by atoms with van der Waals surface area (Å²) in [6.07, 6.45) is 1.77. The summed E-state index contributed by atoms with van der Waals surface area (Å²) in [4.78, 5) is 8.95. The van der Waals surface area contributed by atoms with Crippen molar-refractivity contribution in [3.8, 4) is 6.07 Å². The molecule has 2 heterocycles. The highest BCUT2D eigenvalue weighted by Crippen LogP contribution is 2.23. The lowest BCUT2D eigenvalue weighted by molar-refractivity contribution is 0.249. The number of hydrogen-bond donors (Lipinski definition) is 0. The van der Waals surface area contributed by atoms with E-state index in [0.29, 0.717) is 5.02 Å². The van der Waals surface area contributed by atoms with Crippen molar-refractivity contribution in [2.75, 3.05) is 31.1 Å². The Morgan fingerprint density at radius 2 is 1.86 bits per heavy atom. The van der Waals surface area contributed by atoms with Crippen LogP contribution in [0.4, 0.5) is 5.82 Å². The van der Waals surface area contributed by atoms with Gasteiger partial charge >= 0.3 is 0 Å². The standard InChI is InChI=1S/C17H17ClN4/c18-16-6-3-7-20-17(16)22-10-8-21(9-11-22)13-15-5-2-1-4-14(15)12-19/h1-7H,8-11,13H2. The van der Waals surface area contributed by atoms with Crippen molar-refractivity contribution in [1.82, 2.24) is 9.88 Å². The zero-order valence-corrected chi connectivity index (χ0v) is 13.0. The van der Waals surface area contributed by atoms with Crippen LogP contribution in [0.2, 0.25) is 5.02 Å². The van der Waals surface area contributed by atoms with E-state index in [4.69, 9.17) is 16.9 Å². The van der Waals surface area contributed by atoms with Crippen LogP contribution in [-0.4, -0.2) is 36.1 Å². The molecule has 22 heavy (non-hydrogen) atoms. The molecule has 0 N–H and O–H groups in total. The van der Waals surface area contributed by atoms with Crippen molar-refractivity contribution >= 4 is 17.4 Å². The lowest BCUT2D eigenvalue weighted by atomic mass is 10.1. The molecule has 1 aliphatic rings. The van der Waals surface area contributed by atoms with Gasteiger partial charge in [-0.3, -0.25) is 4.90 Å². The van der Waals surface area contributed by atoms with Gasteiger partial charge in [0.05, 0.1) is 16.7 Å². The lowest BCUT2D eigenvalue weighted by Gasteiger charge is -2.35. The first kappa shape index (κ1) is 14.8. The summed E-state index contributed by atoms with van der Waals surface area (Å²) in [5, 5.41) is 9.87. The number of pyridine rings is 1. The van der Waals surface area contributed by atoms with Gasteiger partial charge < -0.3 is 4.90 Å². The van der Waals surface area contributed by atoms with E-state index >= 15 is 0 Å². The van der Waals surface area contributed by atoms with Crippen LogP contribution in [0.25, 0.3) is 0 Å². The topological polar surface area (TPSA) is 43.2 Å². The van der Waals surface area contributed by atoms with Gasteiger partial charge in [-0.2, -0.15) is 5.26 Å². The molecule has 0 unspecified atom stereocenters. The van der Waals surface area contributed by atoms with Gasteiger partial charge in [0.1, 0.15) is 5.82 Å². The number of rotatable bonds is 3. The predicted molar refractivity (Wildman–Crippen MR) is 87.9 cm³/mol. The van der Waals surface area contributed by atoms with Crippen molar-refractivity contribution in [3.63, 3.8) is 0 Å². The predicted octanol–water partition coefficient (Wildman–Crippen LogP) is 2.93. The van der Waals surface area contributed by atoms with Gasteiger partial charge in [0.2, 0.25) is 0 Å². The molecule has 1 aliphatic heterocycles. The van der Waals surface area contributed by atoms with E-state index in [1.807, 2.05) is 36.4 Å². The van der Waals surface area contributed by atoms with Gasteiger partial charge in [-0.05, 0) is 23.8 Å². The van der Waals surface area contributed by atoms with E-state index in [1.54, 1.807) is 6.20 Å². The Hall–Kier alpha value is -2.09. The lowest BCUT2D eigenvalue weighted by Crippen LogP contribution is -2.46. The molecule has 0 aliphatic carbocycles. The van der Waals surface area contributed by atoms with Crippen molar-refractivity contribution in [3.05, 3.63) is 58.7 Å². The minimum absolute atomic E-state index is 0.700. The molecule has 1 saturated heterocycles. The molecule has 0 radical (unpaired) electrons. The SMILES string of the molecule is N#Cc1ccccc1CN1CCN(c2ncccc2Cl)CC1. The minimum atomic E-state index is 0.700. The maximum atomic E-state index is 9.17. The van der Waals surface area contributed by atoms with Gasteiger partial charge in [0, 0.05) is 38.9 Å². The normalized spacial score (nSPS) is 15.5. The minimum Gasteiger partial charge on any atom is -0.353 e. The molecule has 1 aromatic carbocycles. The first-order valence-electron chi connectivity index (χ1n) is 7.34. The highest BCUT2D eigenvalue weighted by molar-refractivity contribution is 6.32. The Morgan fingerprint density at radius 1 is 1.09 bits per heavy atom. The summed E-state index contributed by atoms with van der Waals surface area (Å²) in [6.45, 7) is 4.48. The van der Waals surface area contributed by atoms with Gasteiger partial charge in [0.25, 0.3) is 0 Å². The second kappa shape index (κ2) is 6.78. The second-order valence-electron chi connectivity index (χ2n) is 5.34. The quantitative estimate of drug-likeness (QED) is 0.874. The molecule has 112 valence electrons. The fourth-order valence-corrected chi connectivity index (χ4v) is 2.98. The molecule has 5 heteroatoms. The van der Waals surface area contributed by atoms with Crippen LogP contribution in [0.3, 0.4) is 0 Å². The van der Waals surface area contributed by atoms with E-state index in [9.17, 15) is 0 Å². The molecule has 0 spiro atoms. The fourth-order valence-electron chi connectivity index (χ4n) is 2.74. The first-order valence-corrected chi connectivity index (χ1v) is 7.71. The summed E-state index contributed by atoms with van der Waals surface area (Å²) in [5.74, 6) is 0.862. The molecule has 0 atom stereocenters. The molecular formula is C17H17ClN4. The third-order valence-corrected chi connectivity index (χ3v) is 4.24. The van der Waals surface area contributed by atoms with Gasteiger partial charge in [0.15, 0.2) is 0 Å². The third kappa shape index (κ3) is 3.22. The Labute approximate surface area is 135 Å². The number of benzene rings is 1. The zero-order chi connectivity index (χ0) is 15.4. The van der Waals surface area contributed by atoms with Crippen molar-refractivity contribution < 1.29 is 0 Å². The monoisotopic (exact) mass is 312 g/mol. The Kier molecular flexibility index (Phi) is 4.57. The van der Waals surface area contributed by atoms with Gasteiger partial charge in [-0.25, -0.2) is 4.98 Å². The summed E-state index contributed by atoms with van der Waals surface area (Å²) in [6, 6.07) is 13.8. The Balaban J connectivity index is 1.63. The average molecular weight is 313 g/mol. The molecular weight excluding hydrogens is 296 g/mol. The van der Waals surface area contributed by atoms with Crippen LogP contribution in [0.15, 0.2) is 42.6 Å². The highest BCUT2D eigenvalue weighted by atomic mass is 35.5. The maximum Gasteiger partial charge on any atom is 0.147 e. The van der Waals surface area contributed by atoms with Gasteiger partial charge in [-0.15, -0.1) is 0 Å². The van der Waals surface area contributed by atoms with Crippen LogP contribution in [0.1, 0.15) is 11.1 Å². The fraction of sp³-hybridized carbons (Fsp3) is 0.294. The molecule has 3 rings (SSSR count). The van der Waals surface area contributed by atoms with Crippen LogP contribution in [0.5, 0.6) is 0 Å². The molecule has 0 bridgehead atoms. The molecule has 1 fully saturated rings. The number of hydrogen-bond acceptors (Lipinski definition) is 4. The Morgan fingerprint density at radius 3 is 2.59 bits per heavy atom. The van der Waals surface area contributed by atoms with Gasteiger partial charge in [-0.1, -0.05) is 29.8 Å². The summed E-state index contributed by atoms with van der Waals surface area (Å²) < 4.78 is 0. The number of anilines is 1. The number of nitriles is 1. The van der Waals surface area contributed by atoms with Crippen molar-refractivity contribution in [2.24, 2.45) is 0 Å². The molecule has 1 aromatic heterocycles. The molecule has 2 aromatic rings. The van der Waals surface area contributed by atoms with E-state index < -0.39 is 0 Å². The van der Waals surface area contributed by atoms with Crippen LogP contribution in [-0.2, 0) is 6.54 Å². The highest BCUT2D eigenvalue weighted by Gasteiger charge is 2.20.